The summed E-state index contributed by atoms with van der Waals surface area (Å²) in [7, 11) is 0. The van der Waals surface area contributed by atoms with Gasteiger partial charge in [0, 0.05) is 0 Å². The number of hydrogen-bond acceptors (Lipinski definition) is 2. The SMILES string of the molecule is O=C(NC1CCCc2c(-c3ccccc3)cccc21)c1ccc(C(F)(F)F)[nH]c1=O. The molecular weight excluding hydrogens is 393 g/mol. The standard InChI is InChI=1S/C23H19F3N2O2/c24-23(25,26)20-13-12-18(22(30)28-20)21(29)27-19-11-5-9-16-15(8-4-10-17(16)19)14-6-2-1-3-7-14/h1-4,6-8,10,12-13,19H,5,9,11H2,(H,27,29)(H,28,30). The van der Waals surface area contributed by atoms with Gasteiger partial charge in [-0.1, -0.05) is 48.5 Å². The molecule has 3 aromatic rings. The Hall–Kier alpha value is -3.35. The average Bonchev–Trinajstić information content (AvgIpc) is 2.73. The minimum atomic E-state index is -4.68. The Bertz CT molecular complexity index is 1140. The molecule has 154 valence electrons. The van der Waals surface area contributed by atoms with Gasteiger partial charge in [0.2, 0.25) is 0 Å². The lowest BCUT2D eigenvalue weighted by atomic mass is 9.83. The molecule has 1 amide bonds. The van der Waals surface area contributed by atoms with E-state index < -0.39 is 23.3 Å². The predicted octanol–water partition coefficient (Wildman–Crippen LogP) is 4.87. The topological polar surface area (TPSA) is 62.0 Å². The van der Waals surface area contributed by atoms with Crippen LogP contribution in [0.5, 0.6) is 0 Å². The molecule has 30 heavy (non-hydrogen) atoms. The number of aromatic nitrogens is 1. The molecule has 1 aromatic heterocycles. The maximum absolute atomic E-state index is 12.7. The molecule has 0 bridgehead atoms. The zero-order chi connectivity index (χ0) is 21.3. The van der Waals surface area contributed by atoms with Gasteiger partial charge in [0.05, 0.1) is 6.04 Å². The Morgan fingerprint density at radius 2 is 1.77 bits per heavy atom. The van der Waals surface area contributed by atoms with Crippen molar-refractivity contribution in [1.29, 1.82) is 0 Å². The third-order valence-corrected chi connectivity index (χ3v) is 5.36. The summed E-state index contributed by atoms with van der Waals surface area (Å²) < 4.78 is 38.2. The van der Waals surface area contributed by atoms with Crippen LogP contribution in [0.15, 0.2) is 65.5 Å². The predicted molar refractivity (Wildman–Crippen MR) is 107 cm³/mol. The summed E-state index contributed by atoms with van der Waals surface area (Å²) in [6, 6.07) is 17.2. The van der Waals surface area contributed by atoms with Gasteiger partial charge < -0.3 is 10.3 Å². The molecule has 0 saturated carbocycles. The molecule has 1 heterocycles. The second kappa shape index (κ2) is 7.82. The molecule has 4 nitrogen and oxygen atoms in total. The molecule has 2 N–H and O–H groups in total. The first-order valence-electron chi connectivity index (χ1n) is 9.63. The summed E-state index contributed by atoms with van der Waals surface area (Å²) in [6.45, 7) is 0. The first-order valence-corrected chi connectivity index (χ1v) is 9.63. The van der Waals surface area contributed by atoms with Crippen molar-refractivity contribution in [2.75, 3.05) is 0 Å². The van der Waals surface area contributed by atoms with E-state index in [1.807, 2.05) is 48.5 Å². The monoisotopic (exact) mass is 412 g/mol. The summed E-state index contributed by atoms with van der Waals surface area (Å²) in [5, 5.41) is 2.83. The first kappa shape index (κ1) is 19.9. The molecule has 7 heteroatoms. The lowest BCUT2D eigenvalue weighted by molar-refractivity contribution is -0.141. The highest BCUT2D eigenvalue weighted by Gasteiger charge is 2.32. The van der Waals surface area contributed by atoms with Crippen molar-refractivity contribution in [3.63, 3.8) is 0 Å². The van der Waals surface area contributed by atoms with E-state index in [0.29, 0.717) is 12.5 Å². The molecule has 1 unspecified atom stereocenters. The van der Waals surface area contributed by atoms with Gasteiger partial charge in [-0.05, 0) is 53.6 Å². The van der Waals surface area contributed by atoms with Crippen LogP contribution >= 0.6 is 0 Å². The smallest absolute Gasteiger partial charge is 0.345 e. The molecule has 0 spiro atoms. The van der Waals surface area contributed by atoms with Crippen LogP contribution in [0, 0.1) is 0 Å². The van der Waals surface area contributed by atoms with Gasteiger partial charge >= 0.3 is 6.18 Å². The number of carbonyl (C=O) groups is 1. The number of fused-ring (bicyclic) bond motifs is 1. The van der Waals surface area contributed by atoms with Crippen molar-refractivity contribution >= 4 is 5.91 Å². The zero-order valence-electron chi connectivity index (χ0n) is 15.9. The van der Waals surface area contributed by atoms with Crippen molar-refractivity contribution in [2.45, 2.75) is 31.5 Å². The summed E-state index contributed by atoms with van der Waals surface area (Å²) >= 11 is 0. The summed E-state index contributed by atoms with van der Waals surface area (Å²) in [5.74, 6) is -0.687. The van der Waals surface area contributed by atoms with Crippen molar-refractivity contribution in [2.24, 2.45) is 0 Å². The van der Waals surface area contributed by atoms with E-state index in [-0.39, 0.29) is 11.6 Å². The Morgan fingerprint density at radius 1 is 1.00 bits per heavy atom. The minimum absolute atomic E-state index is 0.313. The van der Waals surface area contributed by atoms with Crippen LogP contribution in [0.1, 0.15) is 46.1 Å². The van der Waals surface area contributed by atoms with E-state index in [2.05, 4.69) is 5.32 Å². The maximum atomic E-state index is 12.7. The van der Waals surface area contributed by atoms with E-state index in [1.165, 1.54) is 0 Å². The number of rotatable bonds is 3. The van der Waals surface area contributed by atoms with Crippen LogP contribution in [0.2, 0.25) is 0 Å². The summed E-state index contributed by atoms with van der Waals surface area (Å²) in [6.07, 6.45) is -2.27. The molecule has 0 radical (unpaired) electrons. The second-order valence-corrected chi connectivity index (χ2v) is 7.27. The third kappa shape index (κ3) is 3.87. The lowest BCUT2D eigenvalue weighted by Crippen LogP contribution is -2.35. The second-order valence-electron chi connectivity index (χ2n) is 7.27. The normalized spacial score (nSPS) is 16.0. The molecule has 0 fully saturated rings. The Kier molecular flexibility index (Phi) is 5.20. The molecule has 4 rings (SSSR count). The van der Waals surface area contributed by atoms with Gasteiger partial charge in [-0.2, -0.15) is 13.2 Å². The molecular formula is C23H19F3N2O2. The Morgan fingerprint density at radius 3 is 2.47 bits per heavy atom. The quantitative estimate of drug-likeness (QED) is 0.645. The maximum Gasteiger partial charge on any atom is 0.431 e. The van der Waals surface area contributed by atoms with Crippen LogP contribution in [-0.2, 0) is 12.6 Å². The number of hydrogen-bond donors (Lipinski definition) is 2. The number of aromatic amines is 1. The lowest BCUT2D eigenvalue weighted by Gasteiger charge is -2.28. The highest BCUT2D eigenvalue weighted by Crippen LogP contribution is 2.36. The van der Waals surface area contributed by atoms with Crippen molar-refractivity contribution in [1.82, 2.24) is 10.3 Å². The van der Waals surface area contributed by atoms with Crippen molar-refractivity contribution in [3.05, 3.63) is 93.4 Å². The van der Waals surface area contributed by atoms with E-state index in [0.717, 1.165) is 41.2 Å². The number of carbonyl (C=O) groups excluding carboxylic acids is 1. The molecule has 0 aliphatic heterocycles. The first-order chi connectivity index (χ1) is 14.3. The zero-order valence-corrected chi connectivity index (χ0v) is 15.9. The van der Waals surface area contributed by atoms with E-state index in [9.17, 15) is 22.8 Å². The third-order valence-electron chi connectivity index (χ3n) is 5.36. The fourth-order valence-corrected chi connectivity index (χ4v) is 3.94. The van der Waals surface area contributed by atoms with Gasteiger partial charge in [0.15, 0.2) is 0 Å². The van der Waals surface area contributed by atoms with Crippen LogP contribution in [-0.4, -0.2) is 10.9 Å². The highest BCUT2D eigenvalue weighted by atomic mass is 19.4. The molecule has 2 aromatic carbocycles. The number of halogens is 3. The Balaban J connectivity index is 1.62. The van der Waals surface area contributed by atoms with E-state index >= 15 is 0 Å². The van der Waals surface area contributed by atoms with E-state index in [4.69, 9.17) is 0 Å². The number of nitrogens with one attached hydrogen (secondary N) is 2. The number of H-pyrrole nitrogens is 1. The van der Waals surface area contributed by atoms with E-state index in [1.54, 1.807) is 4.98 Å². The molecule has 1 aliphatic rings. The van der Waals surface area contributed by atoms with Crippen LogP contribution in [0.4, 0.5) is 13.2 Å². The van der Waals surface area contributed by atoms with Gasteiger partial charge in [0.1, 0.15) is 11.3 Å². The van der Waals surface area contributed by atoms with Gasteiger partial charge in [-0.25, -0.2) is 0 Å². The van der Waals surface area contributed by atoms with Gasteiger partial charge in [0.25, 0.3) is 11.5 Å². The highest BCUT2D eigenvalue weighted by molar-refractivity contribution is 5.94. The average molecular weight is 412 g/mol. The largest absolute Gasteiger partial charge is 0.431 e. The number of benzene rings is 2. The number of pyridine rings is 1. The van der Waals surface area contributed by atoms with Crippen molar-refractivity contribution < 1.29 is 18.0 Å². The van der Waals surface area contributed by atoms with Crippen molar-refractivity contribution in [3.8, 4) is 11.1 Å². The molecule has 0 saturated heterocycles. The molecule has 1 atom stereocenters. The fourth-order valence-electron chi connectivity index (χ4n) is 3.94. The number of alkyl halides is 3. The van der Waals surface area contributed by atoms with Crippen LogP contribution < -0.4 is 10.9 Å². The molecule has 1 aliphatic carbocycles. The van der Waals surface area contributed by atoms with Crippen LogP contribution in [0.3, 0.4) is 0 Å². The van der Waals surface area contributed by atoms with Gasteiger partial charge in [-0.3, -0.25) is 9.59 Å². The number of amides is 1. The minimum Gasteiger partial charge on any atom is -0.345 e. The summed E-state index contributed by atoms with van der Waals surface area (Å²) in [5.41, 5.74) is 1.71. The Labute approximate surface area is 170 Å². The van der Waals surface area contributed by atoms with Gasteiger partial charge in [-0.15, -0.1) is 0 Å². The summed E-state index contributed by atoms with van der Waals surface area (Å²) in [4.78, 5) is 26.4. The van der Waals surface area contributed by atoms with Crippen LogP contribution in [0.25, 0.3) is 11.1 Å². The fraction of sp³-hybridized carbons (Fsp3) is 0.217.